The van der Waals surface area contributed by atoms with Crippen LogP contribution in [-0.2, 0) is 6.61 Å². The molecular formula is C22H21N3O3. The van der Waals surface area contributed by atoms with E-state index in [2.05, 4.69) is 15.5 Å². The standard InChI is InChI=1S/C22H21N3O3/c1-16-3-5-17(6-4-16)15-28-21-13-18(7-8-20(21)27-2)14-24-25-22(26)19-9-11-23-12-10-19/h3-14H,15H2,1-2H3,(H,25,26)/b24-14-. The summed E-state index contributed by atoms with van der Waals surface area (Å²) < 4.78 is 11.3. The van der Waals surface area contributed by atoms with Gasteiger partial charge in [0.25, 0.3) is 5.91 Å². The highest BCUT2D eigenvalue weighted by Crippen LogP contribution is 2.28. The van der Waals surface area contributed by atoms with Gasteiger partial charge >= 0.3 is 0 Å². The van der Waals surface area contributed by atoms with E-state index in [-0.39, 0.29) is 5.91 Å². The summed E-state index contributed by atoms with van der Waals surface area (Å²) in [7, 11) is 1.59. The highest BCUT2D eigenvalue weighted by Gasteiger charge is 2.06. The van der Waals surface area contributed by atoms with E-state index in [1.54, 1.807) is 43.9 Å². The van der Waals surface area contributed by atoms with Crippen LogP contribution in [0.5, 0.6) is 11.5 Å². The molecule has 3 aromatic rings. The van der Waals surface area contributed by atoms with Gasteiger partial charge in [-0.15, -0.1) is 0 Å². The number of hydrogen-bond acceptors (Lipinski definition) is 5. The number of hydrazone groups is 1. The first kappa shape index (κ1) is 19.1. The third kappa shape index (κ3) is 5.17. The van der Waals surface area contributed by atoms with Crippen molar-refractivity contribution >= 4 is 12.1 Å². The van der Waals surface area contributed by atoms with Crippen LogP contribution in [0.2, 0.25) is 0 Å². The lowest BCUT2D eigenvalue weighted by molar-refractivity contribution is 0.0955. The van der Waals surface area contributed by atoms with Crippen LogP contribution < -0.4 is 14.9 Å². The third-order valence-corrected chi connectivity index (χ3v) is 4.02. The summed E-state index contributed by atoms with van der Waals surface area (Å²) in [5.41, 5.74) is 6.02. The van der Waals surface area contributed by atoms with E-state index in [9.17, 15) is 4.79 Å². The zero-order valence-electron chi connectivity index (χ0n) is 15.8. The number of amides is 1. The third-order valence-electron chi connectivity index (χ3n) is 4.02. The molecular weight excluding hydrogens is 354 g/mol. The molecule has 0 saturated carbocycles. The Bertz CT molecular complexity index is 955. The summed E-state index contributed by atoms with van der Waals surface area (Å²) in [6.45, 7) is 2.47. The molecule has 142 valence electrons. The largest absolute Gasteiger partial charge is 0.493 e. The van der Waals surface area contributed by atoms with Gasteiger partial charge in [-0.1, -0.05) is 29.8 Å². The molecule has 1 N–H and O–H groups in total. The molecule has 2 aromatic carbocycles. The Balaban J connectivity index is 1.66. The van der Waals surface area contributed by atoms with Gasteiger partial charge in [0.2, 0.25) is 0 Å². The van der Waals surface area contributed by atoms with Crippen molar-refractivity contribution in [3.63, 3.8) is 0 Å². The van der Waals surface area contributed by atoms with E-state index in [4.69, 9.17) is 9.47 Å². The second kappa shape index (κ2) is 9.32. The first-order valence-electron chi connectivity index (χ1n) is 8.75. The molecule has 0 aliphatic heterocycles. The summed E-state index contributed by atoms with van der Waals surface area (Å²) in [5.74, 6) is 0.931. The van der Waals surface area contributed by atoms with Gasteiger partial charge in [0.1, 0.15) is 6.61 Å². The number of nitrogens with one attached hydrogen (secondary N) is 1. The van der Waals surface area contributed by atoms with Crippen molar-refractivity contribution in [1.82, 2.24) is 10.4 Å². The van der Waals surface area contributed by atoms with Crippen LogP contribution in [0.1, 0.15) is 27.0 Å². The van der Waals surface area contributed by atoms with Gasteiger partial charge in [-0.05, 0) is 48.4 Å². The van der Waals surface area contributed by atoms with Crippen LogP contribution in [0.4, 0.5) is 0 Å². The van der Waals surface area contributed by atoms with Gasteiger partial charge in [-0.25, -0.2) is 5.43 Å². The number of carbonyl (C=O) groups is 1. The molecule has 0 atom stereocenters. The van der Waals surface area contributed by atoms with Crippen molar-refractivity contribution in [3.05, 3.63) is 89.2 Å². The van der Waals surface area contributed by atoms with E-state index in [1.165, 1.54) is 5.56 Å². The first-order chi connectivity index (χ1) is 13.7. The summed E-state index contributed by atoms with van der Waals surface area (Å²) >= 11 is 0. The average Bonchev–Trinajstić information content (AvgIpc) is 2.74. The van der Waals surface area contributed by atoms with Crippen LogP contribution in [0.25, 0.3) is 0 Å². The lowest BCUT2D eigenvalue weighted by Gasteiger charge is -2.11. The minimum absolute atomic E-state index is 0.303. The zero-order chi connectivity index (χ0) is 19.8. The van der Waals surface area contributed by atoms with Crippen LogP contribution in [0.3, 0.4) is 0 Å². The van der Waals surface area contributed by atoms with Crippen molar-refractivity contribution in [1.29, 1.82) is 0 Å². The lowest BCUT2D eigenvalue weighted by atomic mass is 10.1. The van der Waals surface area contributed by atoms with E-state index < -0.39 is 0 Å². The van der Waals surface area contributed by atoms with E-state index in [0.717, 1.165) is 11.1 Å². The second-order valence-electron chi connectivity index (χ2n) is 6.12. The Morgan fingerprint density at radius 1 is 1.07 bits per heavy atom. The summed E-state index contributed by atoms with van der Waals surface area (Å²) in [4.78, 5) is 15.9. The predicted molar refractivity (Wildman–Crippen MR) is 108 cm³/mol. The second-order valence-corrected chi connectivity index (χ2v) is 6.12. The van der Waals surface area contributed by atoms with E-state index in [1.807, 2.05) is 43.3 Å². The van der Waals surface area contributed by atoms with Crippen molar-refractivity contribution in [2.24, 2.45) is 5.10 Å². The SMILES string of the molecule is COc1ccc(/C=N\NC(=O)c2ccncc2)cc1OCc1ccc(C)cc1. The van der Waals surface area contributed by atoms with Gasteiger partial charge in [0.05, 0.1) is 13.3 Å². The summed E-state index contributed by atoms with van der Waals surface area (Å²) in [5, 5.41) is 4.00. The number of hydrogen-bond donors (Lipinski definition) is 1. The number of rotatable bonds is 7. The van der Waals surface area contributed by atoms with Gasteiger partial charge < -0.3 is 9.47 Å². The van der Waals surface area contributed by atoms with Gasteiger partial charge in [-0.3, -0.25) is 9.78 Å². The molecule has 0 spiro atoms. The topological polar surface area (TPSA) is 72.8 Å². The smallest absolute Gasteiger partial charge is 0.271 e. The molecule has 1 aromatic heterocycles. The maximum atomic E-state index is 12.0. The Morgan fingerprint density at radius 2 is 1.82 bits per heavy atom. The Labute approximate surface area is 163 Å². The fraction of sp³-hybridized carbons (Fsp3) is 0.136. The number of pyridine rings is 1. The van der Waals surface area contributed by atoms with Crippen molar-refractivity contribution in [2.45, 2.75) is 13.5 Å². The fourth-order valence-corrected chi connectivity index (χ4v) is 2.47. The predicted octanol–water partition coefficient (Wildman–Crippen LogP) is 3.74. The zero-order valence-corrected chi connectivity index (χ0v) is 15.8. The Hall–Kier alpha value is -3.67. The maximum absolute atomic E-state index is 12.0. The number of aromatic nitrogens is 1. The number of ether oxygens (including phenoxy) is 2. The molecule has 6 nitrogen and oxygen atoms in total. The van der Waals surface area contributed by atoms with Crippen molar-refractivity contribution in [3.8, 4) is 11.5 Å². The van der Waals surface area contributed by atoms with Crippen LogP contribution in [-0.4, -0.2) is 24.2 Å². The molecule has 0 bridgehead atoms. The lowest BCUT2D eigenvalue weighted by Crippen LogP contribution is -2.17. The number of carbonyl (C=O) groups excluding carboxylic acids is 1. The normalized spacial score (nSPS) is 10.6. The molecule has 28 heavy (non-hydrogen) atoms. The minimum Gasteiger partial charge on any atom is -0.493 e. The fourth-order valence-electron chi connectivity index (χ4n) is 2.47. The molecule has 0 radical (unpaired) electrons. The van der Waals surface area contributed by atoms with Gasteiger partial charge in [0, 0.05) is 18.0 Å². The van der Waals surface area contributed by atoms with E-state index >= 15 is 0 Å². The number of nitrogens with zero attached hydrogens (tertiary/aromatic N) is 2. The first-order valence-corrected chi connectivity index (χ1v) is 8.75. The molecule has 6 heteroatoms. The minimum atomic E-state index is -0.303. The van der Waals surface area contributed by atoms with Crippen molar-refractivity contribution in [2.75, 3.05) is 7.11 Å². The Morgan fingerprint density at radius 3 is 2.54 bits per heavy atom. The molecule has 0 fully saturated rings. The number of methoxy groups -OCH3 is 1. The van der Waals surface area contributed by atoms with E-state index in [0.29, 0.717) is 23.7 Å². The Kier molecular flexibility index (Phi) is 6.36. The highest BCUT2D eigenvalue weighted by atomic mass is 16.5. The van der Waals surface area contributed by atoms with Crippen LogP contribution in [0.15, 0.2) is 72.1 Å². The molecule has 0 aliphatic carbocycles. The van der Waals surface area contributed by atoms with Gasteiger partial charge in [-0.2, -0.15) is 5.10 Å². The van der Waals surface area contributed by atoms with Crippen LogP contribution >= 0.6 is 0 Å². The molecule has 0 aliphatic rings. The number of benzene rings is 2. The van der Waals surface area contributed by atoms with Crippen molar-refractivity contribution < 1.29 is 14.3 Å². The molecule has 0 saturated heterocycles. The molecule has 0 unspecified atom stereocenters. The van der Waals surface area contributed by atoms with Crippen LogP contribution in [0, 0.1) is 6.92 Å². The maximum Gasteiger partial charge on any atom is 0.271 e. The highest BCUT2D eigenvalue weighted by molar-refractivity contribution is 5.94. The van der Waals surface area contributed by atoms with Gasteiger partial charge in [0.15, 0.2) is 11.5 Å². The molecule has 3 rings (SSSR count). The number of aryl methyl sites for hydroxylation is 1. The molecule has 1 heterocycles. The summed E-state index contributed by atoms with van der Waals surface area (Å²) in [6, 6.07) is 16.8. The quantitative estimate of drug-likeness (QED) is 0.504. The molecule has 1 amide bonds. The summed E-state index contributed by atoms with van der Waals surface area (Å²) in [6.07, 6.45) is 4.66. The average molecular weight is 375 g/mol. The monoisotopic (exact) mass is 375 g/mol.